The number of unbranched alkanes of at least 4 members (excludes halogenated alkanes) is 8. The van der Waals surface area contributed by atoms with E-state index in [2.05, 4.69) is 31.2 Å². The summed E-state index contributed by atoms with van der Waals surface area (Å²) in [5.74, 6) is -0.684. The van der Waals surface area contributed by atoms with Gasteiger partial charge in [0.05, 0.1) is 0 Å². The summed E-state index contributed by atoms with van der Waals surface area (Å²) in [6, 6.07) is 0. The summed E-state index contributed by atoms with van der Waals surface area (Å²) < 4.78 is 0. The number of carboxylic acid groups (broad SMARTS) is 1. The highest BCUT2D eigenvalue weighted by molar-refractivity contribution is 5.66. The summed E-state index contributed by atoms with van der Waals surface area (Å²) in [7, 11) is 0. The summed E-state index contributed by atoms with van der Waals surface area (Å²) >= 11 is 0. The standard InChI is InChI=1S/C18H32O2/c1-2-3-4-5-6-7-8-9-10-11-12-13-14-15-16-17-18(19)20/h6-7,12-13H,2-5,8-11,14-17H2,1H3,(H,19,20)/b7-6-,13-12+. The van der Waals surface area contributed by atoms with Crippen molar-refractivity contribution in [2.24, 2.45) is 0 Å². The summed E-state index contributed by atoms with van der Waals surface area (Å²) in [5, 5.41) is 8.49. The topological polar surface area (TPSA) is 37.3 Å². The Labute approximate surface area is 125 Å². The van der Waals surface area contributed by atoms with E-state index in [9.17, 15) is 4.79 Å². The van der Waals surface area contributed by atoms with Gasteiger partial charge in [-0.25, -0.2) is 0 Å². The van der Waals surface area contributed by atoms with Gasteiger partial charge in [-0.3, -0.25) is 4.79 Å². The Balaban J connectivity index is 3.17. The Morgan fingerprint density at radius 2 is 1.15 bits per heavy atom. The van der Waals surface area contributed by atoms with Crippen molar-refractivity contribution in [2.75, 3.05) is 0 Å². The molecule has 0 amide bonds. The number of carboxylic acids is 1. The Kier molecular flexibility index (Phi) is 15.2. The Morgan fingerprint density at radius 1 is 0.750 bits per heavy atom. The predicted octanol–water partition coefficient (Wildman–Crippen LogP) is 5.88. The number of hydrogen-bond donors (Lipinski definition) is 1. The minimum Gasteiger partial charge on any atom is -0.481 e. The van der Waals surface area contributed by atoms with Crippen molar-refractivity contribution in [1.29, 1.82) is 0 Å². The molecule has 0 saturated carbocycles. The molecule has 0 spiro atoms. The van der Waals surface area contributed by atoms with Crippen molar-refractivity contribution < 1.29 is 9.90 Å². The molecular weight excluding hydrogens is 248 g/mol. The van der Waals surface area contributed by atoms with E-state index in [-0.39, 0.29) is 0 Å². The van der Waals surface area contributed by atoms with Gasteiger partial charge in [0.2, 0.25) is 0 Å². The lowest BCUT2D eigenvalue weighted by atomic mass is 10.1. The van der Waals surface area contributed by atoms with Crippen LogP contribution < -0.4 is 0 Å². The second-order valence-corrected chi connectivity index (χ2v) is 5.36. The molecule has 0 aromatic rings. The van der Waals surface area contributed by atoms with E-state index in [1.54, 1.807) is 0 Å². The SMILES string of the molecule is CCCCC/C=C\CCCC/C=C/CCCCC(=O)O. The fourth-order valence-corrected chi connectivity index (χ4v) is 2.05. The molecule has 0 radical (unpaired) electrons. The largest absolute Gasteiger partial charge is 0.481 e. The summed E-state index contributed by atoms with van der Waals surface area (Å²) in [5.41, 5.74) is 0. The fraction of sp³-hybridized carbons (Fsp3) is 0.722. The van der Waals surface area contributed by atoms with Crippen LogP contribution in [-0.2, 0) is 4.79 Å². The van der Waals surface area contributed by atoms with Gasteiger partial charge in [0, 0.05) is 6.42 Å². The lowest BCUT2D eigenvalue weighted by molar-refractivity contribution is -0.137. The van der Waals surface area contributed by atoms with Crippen LogP contribution in [0.2, 0.25) is 0 Å². The highest BCUT2D eigenvalue weighted by atomic mass is 16.4. The molecule has 0 aromatic heterocycles. The van der Waals surface area contributed by atoms with Gasteiger partial charge in [-0.1, -0.05) is 44.1 Å². The summed E-state index contributed by atoms with van der Waals surface area (Å²) in [4.78, 5) is 10.3. The van der Waals surface area contributed by atoms with Crippen LogP contribution in [0.5, 0.6) is 0 Å². The van der Waals surface area contributed by atoms with Crippen molar-refractivity contribution in [2.45, 2.75) is 84.0 Å². The van der Waals surface area contributed by atoms with E-state index < -0.39 is 5.97 Å². The van der Waals surface area contributed by atoms with Crippen molar-refractivity contribution in [1.82, 2.24) is 0 Å². The first kappa shape index (κ1) is 18.9. The van der Waals surface area contributed by atoms with E-state index in [0.717, 1.165) is 25.7 Å². The number of carbonyl (C=O) groups is 1. The van der Waals surface area contributed by atoms with Crippen molar-refractivity contribution in [3.63, 3.8) is 0 Å². The van der Waals surface area contributed by atoms with Crippen LogP contribution in [-0.4, -0.2) is 11.1 Å². The average Bonchev–Trinajstić information content (AvgIpc) is 2.43. The first-order chi connectivity index (χ1) is 9.77. The van der Waals surface area contributed by atoms with Gasteiger partial charge in [-0.2, -0.15) is 0 Å². The molecule has 0 fully saturated rings. The first-order valence-corrected chi connectivity index (χ1v) is 8.29. The molecule has 0 aliphatic carbocycles. The minimum atomic E-state index is -0.684. The molecule has 0 atom stereocenters. The summed E-state index contributed by atoms with van der Waals surface area (Å²) in [6.07, 6.45) is 22.3. The average molecular weight is 280 g/mol. The molecule has 0 saturated heterocycles. The number of rotatable bonds is 14. The zero-order valence-corrected chi connectivity index (χ0v) is 13.2. The van der Waals surface area contributed by atoms with Gasteiger partial charge in [0.1, 0.15) is 0 Å². The van der Waals surface area contributed by atoms with E-state index in [1.165, 1.54) is 44.9 Å². The second kappa shape index (κ2) is 16.0. The molecule has 116 valence electrons. The van der Waals surface area contributed by atoms with E-state index in [0.29, 0.717) is 6.42 Å². The lowest BCUT2D eigenvalue weighted by Gasteiger charge is -1.95. The molecular formula is C18H32O2. The van der Waals surface area contributed by atoms with Crippen LogP contribution >= 0.6 is 0 Å². The van der Waals surface area contributed by atoms with Gasteiger partial charge in [-0.15, -0.1) is 0 Å². The fourth-order valence-electron chi connectivity index (χ4n) is 2.05. The molecule has 0 unspecified atom stereocenters. The maximum atomic E-state index is 10.3. The molecule has 0 bridgehead atoms. The zero-order valence-electron chi connectivity index (χ0n) is 13.2. The van der Waals surface area contributed by atoms with Crippen molar-refractivity contribution >= 4 is 5.97 Å². The van der Waals surface area contributed by atoms with Crippen LogP contribution in [0.4, 0.5) is 0 Å². The molecule has 0 aliphatic heterocycles. The normalized spacial score (nSPS) is 11.7. The predicted molar refractivity (Wildman–Crippen MR) is 87.0 cm³/mol. The van der Waals surface area contributed by atoms with E-state index in [1.807, 2.05) is 0 Å². The van der Waals surface area contributed by atoms with Crippen LogP contribution in [0.15, 0.2) is 24.3 Å². The molecule has 1 N–H and O–H groups in total. The van der Waals surface area contributed by atoms with Gasteiger partial charge in [-0.05, 0) is 57.8 Å². The molecule has 20 heavy (non-hydrogen) atoms. The zero-order chi connectivity index (χ0) is 14.9. The number of aliphatic carboxylic acids is 1. The third kappa shape index (κ3) is 16.9. The van der Waals surface area contributed by atoms with E-state index >= 15 is 0 Å². The molecule has 0 heterocycles. The number of hydrogen-bond acceptors (Lipinski definition) is 1. The highest BCUT2D eigenvalue weighted by Gasteiger charge is 1.94. The van der Waals surface area contributed by atoms with Crippen LogP contribution in [0, 0.1) is 0 Å². The minimum absolute atomic E-state index is 0.304. The van der Waals surface area contributed by atoms with Crippen LogP contribution in [0.1, 0.15) is 84.0 Å². The molecule has 2 nitrogen and oxygen atoms in total. The highest BCUT2D eigenvalue weighted by Crippen LogP contribution is 2.06. The second-order valence-electron chi connectivity index (χ2n) is 5.36. The Morgan fingerprint density at radius 3 is 1.55 bits per heavy atom. The monoisotopic (exact) mass is 280 g/mol. The van der Waals surface area contributed by atoms with Crippen LogP contribution in [0.25, 0.3) is 0 Å². The van der Waals surface area contributed by atoms with Crippen LogP contribution in [0.3, 0.4) is 0 Å². The molecule has 2 heteroatoms. The third-order valence-corrected chi connectivity index (χ3v) is 3.31. The Bertz CT molecular complexity index is 267. The third-order valence-electron chi connectivity index (χ3n) is 3.31. The van der Waals surface area contributed by atoms with Gasteiger partial charge in [0.25, 0.3) is 0 Å². The smallest absolute Gasteiger partial charge is 0.303 e. The molecule has 0 aliphatic rings. The first-order valence-electron chi connectivity index (χ1n) is 8.29. The van der Waals surface area contributed by atoms with Crippen molar-refractivity contribution in [3.05, 3.63) is 24.3 Å². The van der Waals surface area contributed by atoms with Gasteiger partial charge >= 0.3 is 5.97 Å². The van der Waals surface area contributed by atoms with Gasteiger partial charge in [0.15, 0.2) is 0 Å². The molecule has 0 aromatic carbocycles. The van der Waals surface area contributed by atoms with Crippen molar-refractivity contribution in [3.8, 4) is 0 Å². The maximum absolute atomic E-state index is 10.3. The Hall–Kier alpha value is -1.05. The summed E-state index contributed by atoms with van der Waals surface area (Å²) in [6.45, 7) is 2.24. The van der Waals surface area contributed by atoms with E-state index in [4.69, 9.17) is 5.11 Å². The molecule has 0 rings (SSSR count). The quantitative estimate of drug-likeness (QED) is 0.318. The lowest BCUT2D eigenvalue weighted by Crippen LogP contribution is -1.92. The number of allylic oxidation sites excluding steroid dienone is 4. The van der Waals surface area contributed by atoms with Gasteiger partial charge < -0.3 is 5.11 Å². The maximum Gasteiger partial charge on any atom is 0.303 e.